The minimum absolute atomic E-state index is 0.162. The van der Waals surface area contributed by atoms with E-state index in [1.165, 1.54) is 18.2 Å². The first-order valence-electron chi connectivity index (χ1n) is 4.62. The van der Waals surface area contributed by atoms with E-state index >= 15 is 0 Å². The minimum Gasteiger partial charge on any atom is -0.475 e. The minimum atomic E-state index is -0.516. The van der Waals surface area contributed by atoms with Gasteiger partial charge in [0.1, 0.15) is 17.6 Å². The Kier molecular flexibility index (Phi) is 4.38. The first-order valence-corrected chi connectivity index (χ1v) is 5.15. The molecule has 1 aromatic carbocycles. The molecule has 0 spiro atoms. The Balaban J connectivity index is 2.89. The van der Waals surface area contributed by atoms with E-state index in [9.17, 15) is 4.39 Å². The van der Waals surface area contributed by atoms with Gasteiger partial charge in [0, 0.05) is 5.56 Å². The van der Waals surface area contributed by atoms with E-state index in [0.29, 0.717) is 17.7 Å². The van der Waals surface area contributed by atoms with E-state index in [1.54, 1.807) is 0 Å². The lowest BCUT2D eigenvalue weighted by atomic mass is 10.2. The van der Waals surface area contributed by atoms with Crippen LogP contribution in [0.3, 0.4) is 0 Å². The highest BCUT2D eigenvalue weighted by Gasteiger charge is 2.10. The topological polar surface area (TPSA) is 33.0 Å². The largest absolute Gasteiger partial charge is 0.475 e. The van der Waals surface area contributed by atoms with Gasteiger partial charge < -0.3 is 4.74 Å². The molecule has 0 bridgehead atoms. The first kappa shape index (κ1) is 11.8. The molecule has 0 saturated heterocycles. The van der Waals surface area contributed by atoms with Crippen LogP contribution in [-0.2, 0) is 5.88 Å². The molecule has 0 heterocycles. The van der Waals surface area contributed by atoms with Gasteiger partial charge in [0.2, 0.25) is 0 Å². The summed E-state index contributed by atoms with van der Waals surface area (Å²) in [5, 5.41) is 8.72. The molecule has 1 rings (SSSR count). The van der Waals surface area contributed by atoms with Gasteiger partial charge in [-0.2, -0.15) is 5.26 Å². The molecule has 1 unspecified atom stereocenters. The fourth-order valence-electron chi connectivity index (χ4n) is 1.12. The van der Waals surface area contributed by atoms with Crippen molar-refractivity contribution < 1.29 is 9.13 Å². The van der Waals surface area contributed by atoms with E-state index in [0.717, 1.165) is 0 Å². The molecule has 0 fully saturated rings. The van der Waals surface area contributed by atoms with Gasteiger partial charge in [0.15, 0.2) is 6.10 Å². The maximum absolute atomic E-state index is 12.9. The molecule has 1 atom stereocenters. The number of rotatable bonds is 4. The van der Waals surface area contributed by atoms with Crippen LogP contribution < -0.4 is 4.74 Å². The number of ether oxygens (including phenoxy) is 1. The molecule has 4 heteroatoms. The summed E-state index contributed by atoms with van der Waals surface area (Å²) in [6.45, 7) is 1.85. The second-order valence-corrected chi connectivity index (χ2v) is 3.30. The highest BCUT2D eigenvalue weighted by molar-refractivity contribution is 6.17. The summed E-state index contributed by atoms with van der Waals surface area (Å²) in [6.07, 6.45) is 0.0627. The zero-order valence-corrected chi connectivity index (χ0v) is 9.09. The molecular weight excluding hydrogens is 217 g/mol. The van der Waals surface area contributed by atoms with Gasteiger partial charge in [-0.15, -0.1) is 11.6 Å². The molecule has 1 aromatic rings. The van der Waals surface area contributed by atoms with Gasteiger partial charge in [-0.3, -0.25) is 0 Å². The number of hydrogen-bond acceptors (Lipinski definition) is 2. The van der Waals surface area contributed by atoms with Crippen molar-refractivity contribution in [3.8, 4) is 11.8 Å². The van der Waals surface area contributed by atoms with Crippen LogP contribution >= 0.6 is 11.6 Å². The second-order valence-electron chi connectivity index (χ2n) is 3.03. The average Bonchev–Trinajstić information content (AvgIpc) is 2.27. The van der Waals surface area contributed by atoms with Crippen LogP contribution in [0, 0.1) is 17.1 Å². The van der Waals surface area contributed by atoms with Crippen LogP contribution in [0.25, 0.3) is 0 Å². The summed E-state index contributed by atoms with van der Waals surface area (Å²) in [5.41, 5.74) is 0.561. The Morgan fingerprint density at radius 2 is 2.33 bits per heavy atom. The van der Waals surface area contributed by atoms with Crippen LogP contribution in [0.4, 0.5) is 4.39 Å². The number of alkyl halides is 1. The quantitative estimate of drug-likeness (QED) is 0.740. The third kappa shape index (κ3) is 3.10. The number of hydrogen-bond donors (Lipinski definition) is 0. The van der Waals surface area contributed by atoms with Crippen molar-refractivity contribution in [2.75, 3.05) is 0 Å². The van der Waals surface area contributed by atoms with E-state index < -0.39 is 6.10 Å². The predicted molar refractivity (Wildman–Crippen MR) is 56.3 cm³/mol. The number of nitrogens with zero attached hydrogens (tertiary/aromatic N) is 1. The monoisotopic (exact) mass is 227 g/mol. The summed E-state index contributed by atoms with van der Waals surface area (Å²) in [7, 11) is 0. The van der Waals surface area contributed by atoms with E-state index in [2.05, 4.69) is 0 Å². The molecule has 0 saturated carbocycles. The Morgan fingerprint density at radius 1 is 1.60 bits per heavy atom. The molecular formula is C11H11ClFNO. The lowest BCUT2D eigenvalue weighted by molar-refractivity contribution is 0.249. The van der Waals surface area contributed by atoms with Crippen molar-refractivity contribution in [1.82, 2.24) is 0 Å². The molecule has 80 valence electrons. The lowest BCUT2D eigenvalue weighted by Gasteiger charge is -2.13. The summed E-state index contributed by atoms with van der Waals surface area (Å²) in [4.78, 5) is 0. The zero-order chi connectivity index (χ0) is 11.3. The van der Waals surface area contributed by atoms with E-state index in [1.807, 2.05) is 13.0 Å². The lowest BCUT2D eigenvalue weighted by Crippen LogP contribution is -2.13. The molecule has 0 aliphatic carbocycles. The van der Waals surface area contributed by atoms with Gasteiger partial charge in [-0.25, -0.2) is 4.39 Å². The maximum atomic E-state index is 12.9. The molecule has 2 nitrogen and oxygen atoms in total. The number of benzene rings is 1. The van der Waals surface area contributed by atoms with Crippen LogP contribution in [0.2, 0.25) is 0 Å². The Hall–Kier alpha value is -1.27. The Bertz CT molecular complexity index is 375. The van der Waals surface area contributed by atoms with Crippen LogP contribution in [-0.4, -0.2) is 6.10 Å². The average molecular weight is 228 g/mol. The molecule has 0 N–H and O–H groups in total. The Labute approximate surface area is 93.2 Å². The molecule has 0 amide bonds. The van der Waals surface area contributed by atoms with Crippen molar-refractivity contribution in [3.63, 3.8) is 0 Å². The predicted octanol–water partition coefficient (Wildman–Crippen LogP) is 3.25. The molecule has 0 aromatic heterocycles. The Morgan fingerprint density at radius 3 is 2.87 bits per heavy atom. The van der Waals surface area contributed by atoms with Crippen molar-refractivity contribution in [1.29, 1.82) is 5.26 Å². The van der Waals surface area contributed by atoms with E-state index in [4.69, 9.17) is 21.6 Å². The third-order valence-electron chi connectivity index (χ3n) is 1.95. The third-order valence-corrected chi connectivity index (χ3v) is 2.24. The second kappa shape index (κ2) is 5.57. The zero-order valence-electron chi connectivity index (χ0n) is 8.34. The van der Waals surface area contributed by atoms with Crippen molar-refractivity contribution in [2.45, 2.75) is 25.3 Å². The fraction of sp³-hybridized carbons (Fsp3) is 0.364. The van der Waals surface area contributed by atoms with Crippen molar-refractivity contribution in [2.24, 2.45) is 0 Å². The summed E-state index contributed by atoms with van der Waals surface area (Å²) in [5.74, 6) is 0.275. The highest BCUT2D eigenvalue weighted by atomic mass is 35.5. The van der Waals surface area contributed by atoms with Crippen molar-refractivity contribution >= 4 is 11.6 Å². The van der Waals surface area contributed by atoms with Gasteiger partial charge in [0.25, 0.3) is 0 Å². The van der Waals surface area contributed by atoms with Crippen LogP contribution in [0.15, 0.2) is 18.2 Å². The SMILES string of the molecule is CCC(C#N)Oc1ccc(F)cc1CCl. The smallest absolute Gasteiger partial charge is 0.184 e. The fourth-order valence-corrected chi connectivity index (χ4v) is 1.33. The molecule has 0 radical (unpaired) electrons. The highest BCUT2D eigenvalue weighted by Crippen LogP contribution is 2.23. The van der Waals surface area contributed by atoms with Gasteiger partial charge in [-0.1, -0.05) is 6.92 Å². The van der Waals surface area contributed by atoms with Gasteiger partial charge in [0.05, 0.1) is 5.88 Å². The molecule has 0 aliphatic heterocycles. The normalized spacial score (nSPS) is 11.9. The molecule has 0 aliphatic rings. The maximum Gasteiger partial charge on any atom is 0.184 e. The molecule has 15 heavy (non-hydrogen) atoms. The van der Waals surface area contributed by atoms with Gasteiger partial charge in [-0.05, 0) is 24.6 Å². The van der Waals surface area contributed by atoms with E-state index in [-0.39, 0.29) is 11.7 Å². The van der Waals surface area contributed by atoms with Crippen LogP contribution in [0.1, 0.15) is 18.9 Å². The first-order chi connectivity index (χ1) is 7.21. The van der Waals surface area contributed by atoms with Crippen LogP contribution in [0.5, 0.6) is 5.75 Å². The summed E-state index contributed by atoms with van der Waals surface area (Å²) < 4.78 is 18.2. The summed E-state index contributed by atoms with van der Waals surface area (Å²) in [6, 6.07) is 6.10. The number of nitriles is 1. The number of halogens is 2. The standard InChI is InChI=1S/C11H11ClFNO/c1-2-10(7-14)15-11-4-3-9(13)5-8(11)6-12/h3-5,10H,2,6H2,1H3. The summed E-state index contributed by atoms with van der Waals surface area (Å²) >= 11 is 5.64. The van der Waals surface area contributed by atoms with Gasteiger partial charge >= 0.3 is 0 Å². The van der Waals surface area contributed by atoms with Crippen molar-refractivity contribution in [3.05, 3.63) is 29.6 Å².